The van der Waals surface area contributed by atoms with Crippen molar-refractivity contribution >= 4 is 5.91 Å². The van der Waals surface area contributed by atoms with Gasteiger partial charge in [0.1, 0.15) is 11.6 Å². The Bertz CT molecular complexity index is 472. The Morgan fingerprint density at radius 1 is 1.45 bits per heavy atom. The van der Waals surface area contributed by atoms with Gasteiger partial charge in [0.05, 0.1) is 18.2 Å². The fourth-order valence-electron chi connectivity index (χ4n) is 2.03. The number of carbonyl (C=O) groups is 1. The smallest absolute Gasteiger partial charge is 0.234 e. The maximum absolute atomic E-state index is 13.5. The highest BCUT2D eigenvalue weighted by molar-refractivity contribution is 5.78. The van der Waals surface area contributed by atoms with Gasteiger partial charge in [-0.05, 0) is 32.0 Å². The van der Waals surface area contributed by atoms with Crippen LogP contribution in [-0.4, -0.2) is 42.1 Å². The molecule has 1 amide bonds. The van der Waals surface area contributed by atoms with E-state index in [0.717, 1.165) is 25.0 Å². The van der Waals surface area contributed by atoms with Crippen LogP contribution in [-0.2, 0) is 4.79 Å². The third-order valence-corrected chi connectivity index (χ3v) is 3.17. The molecule has 1 aromatic carbocycles. The van der Waals surface area contributed by atoms with Crippen molar-refractivity contribution < 1.29 is 18.7 Å². The number of hydrogen-bond acceptors (Lipinski definition) is 3. The van der Waals surface area contributed by atoms with E-state index in [4.69, 9.17) is 0 Å². The SMILES string of the molecule is CN(CC(=O)NC1CC1)CC(O)c1c(F)cccc1F. The maximum atomic E-state index is 13.5. The van der Waals surface area contributed by atoms with E-state index in [2.05, 4.69) is 5.32 Å². The maximum Gasteiger partial charge on any atom is 0.234 e. The Balaban J connectivity index is 1.89. The van der Waals surface area contributed by atoms with E-state index in [9.17, 15) is 18.7 Å². The minimum absolute atomic E-state index is 0.0179. The van der Waals surface area contributed by atoms with E-state index in [1.807, 2.05) is 0 Å². The van der Waals surface area contributed by atoms with E-state index in [-0.39, 0.29) is 30.6 Å². The van der Waals surface area contributed by atoms with Gasteiger partial charge in [0, 0.05) is 12.6 Å². The molecule has 1 atom stereocenters. The first kappa shape index (κ1) is 14.9. The van der Waals surface area contributed by atoms with E-state index >= 15 is 0 Å². The second-order valence-electron chi connectivity index (χ2n) is 5.19. The molecule has 0 bridgehead atoms. The molecule has 0 aromatic heterocycles. The highest BCUT2D eigenvalue weighted by atomic mass is 19.1. The molecule has 20 heavy (non-hydrogen) atoms. The van der Waals surface area contributed by atoms with E-state index in [0.29, 0.717) is 0 Å². The van der Waals surface area contributed by atoms with Gasteiger partial charge in [0.2, 0.25) is 5.91 Å². The van der Waals surface area contributed by atoms with Crippen LogP contribution in [0.5, 0.6) is 0 Å². The molecule has 1 fully saturated rings. The first-order valence-electron chi connectivity index (χ1n) is 6.57. The molecule has 1 saturated carbocycles. The lowest BCUT2D eigenvalue weighted by molar-refractivity contribution is -0.122. The standard InChI is InChI=1S/C14H18F2N2O2/c1-18(8-13(20)17-9-5-6-9)7-12(19)14-10(15)3-2-4-11(14)16/h2-4,9,12,19H,5-8H2,1H3,(H,17,20). The Hall–Kier alpha value is -1.53. The zero-order valence-corrected chi connectivity index (χ0v) is 11.3. The molecule has 1 aliphatic rings. The van der Waals surface area contributed by atoms with Crippen molar-refractivity contribution in [1.82, 2.24) is 10.2 Å². The van der Waals surface area contributed by atoms with Crippen LogP contribution < -0.4 is 5.32 Å². The van der Waals surface area contributed by atoms with Gasteiger partial charge in [-0.2, -0.15) is 0 Å². The highest BCUT2D eigenvalue weighted by Crippen LogP contribution is 2.21. The Morgan fingerprint density at radius 3 is 2.60 bits per heavy atom. The summed E-state index contributed by atoms with van der Waals surface area (Å²) in [5.74, 6) is -1.71. The summed E-state index contributed by atoms with van der Waals surface area (Å²) in [7, 11) is 1.62. The van der Waals surface area contributed by atoms with Gasteiger partial charge >= 0.3 is 0 Å². The van der Waals surface area contributed by atoms with Crippen molar-refractivity contribution in [3.8, 4) is 0 Å². The predicted molar refractivity (Wildman–Crippen MR) is 70.0 cm³/mol. The quantitative estimate of drug-likeness (QED) is 0.825. The molecule has 0 aliphatic heterocycles. The van der Waals surface area contributed by atoms with Crippen molar-refractivity contribution in [3.05, 3.63) is 35.4 Å². The Morgan fingerprint density at radius 2 is 2.05 bits per heavy atom. The monoisotopic (exact) mass is 284 g/mol. The van der Waals surface area contributed by atoms with E-state index in [1.54, 1.807) is 7.05 Å². The van der Waals surface area contributed by atoms with Crippen molar-refractivity contribution in [1.29, 1.82) is 0 Å². The molecule has 1 unspecified atom stereocenters. The fraction of sp³-hybridized carbons (Fsp3) is 0.500. The third-order valence-electron chi connectivity index (χ3n) is 3.17. The highest BCUT2D eigenvalue weighted by Gasteiger charge is 2.24. The first-order valence-corrected chi connectivity index (χ1v) is 6.57. The molecule has 2 rings (SSSR count). The fourth-order valence-corrected chi connectivity index (χ4v) is 2.03. The van der Waals surface area contributed by atoms with E-state index in [1.165, 1.54) is 11.0 Å². The average Bonchev–Trinajstić information content (AvgIpc) is 3.11. The van der Waals surface area contributed by atoms with Gasteiger partial charge in [-0.3, -0.25) is 9.69 Å². The molecule has 6 heteroatoms. The third kappa shape index (κ3) is 3.98. The zero-order valence-electron chi connectivity index (χ0n) is 11.3. The molecule has 2 N–H and O–H groups in total. The lowest BCUT2D eigenvalue weighted by Crippen LogP contribution is -2.38. The van der Waals surface area contributed by atoms with Gasteiger partial charge < -0.3 is 10.4 Å². The summed E-state index contributed by atoms with van der Waals surface area (Å²) in [4.78, 5) is 13.1. The van der Waals surface area contributed by atoms with Crippen LogP contribution in [0.25, 0.3) is 0 Å². The minimum Gasteiger partial charge on any atom is -0.387 e. The molecule has 4 nitrogen and oxygen atoms in total. The number of nitrogens with one attached hydrogen (secondary N) is 1. The molecule has 1 aromatic rings. The lowest BCUT2D eigenvalue weighted by Gasteiger charge is -2.21. The summed E-state index contributed by atoms with van der Waals surface area (Å²) in [5, 5.41) is 12.7. The predicted octanol–water partition coefficient (Wildman–Crippen LogP) is 1.21. The Labute approximate surface area is 116 Å². The zero-order chi connectivity index (χ0) is 14.7. The molecule has 0 spiro atoms. The van der Waals surface area contributed by atoms with Crippen molar-refractivity contribution in [2.24, 2.45) is 0 Å². The van der Waals surface area contributed by atoms with Crippen molar-refractivity contribution in [2.45, 2.75) is 25.0 Å². The van der Waals surface area contributed by atoms with Crippen LogP contribution in [0.15, 0.2) is 18.2 Å². The minimum atomic E-state index is -1.31. The number of aliphatic hydroxyl groups is 1. The first-order chi connectivity index (χ1) is 9.47. The van der Waals surface area contributed by atoms with Crippen LogP contribution in [0, 0.1) is 11.6 Å². The number of likely N-dealkylation sites (N-methyl/N-ethyl adjacent to an activating group) is 1. The van der Waals surface area contributed by atoms with Crippen molar-refractivity contribution in [2.75, 3.05) is 20.1 Å². The number of halogens is 2. The molecular weight excluding hydrogens is 266 g/mol. The number of hydrogen-bond donors (Lipinski definition) is 2. The lowest BCUT2D eigenvalue weighted by atomic mass is 10.1. The van der Waals surface area contributed by atoms with E-state index < -0.39 is 17.7 Å². The summed E-state index contributed by atoms with van der Waals surface area (Å²) in [5.41, 5.74) is -0.359. The van der Waals surface area contributed by atoms with Gasteiger partial charge in [-0.1, -0.05) is 6.07 Å². The molecule has 0 heterocycles. The molecule has 0 radical (unpaired) electrons. The van der Waals surface area contributed by atoms with Crippen LogP contribution >= 0.6 is 0 Å². The van der Waals surface area contributed by atoms with Crippen molar-refractivity contribution in [3.63, 3.8) is 0 Å². The Kier molecular flexibility index (Phi) is 4.67. The van der Waals surface area contributed by atoms with Gasteiger partial charge in [0.15, 0.2) is 0 Å². The number of rotatable bonds is 6. The summed E-state index contributed by atoms with van der Waals surface area (Å²) in [6, 6.07) is 3.71. The second kappa shape index (κ2) is 6.28. The molecular formula is C14H18F2N2O2. The molecule has 110 valence electrons. The number of benzene rings is 1. The number of aliphatic hydroxyl groups excluding tert-OH is 1. The number of amides is 1. The molecule has 1 aliphatic carbocycles. The number of nitrogens with zero attached hydrogens (tertiary/aromatic N) is 1. The normalized spacial score (nSPS) is 16.2. The van der Waals surface area contributed by atoms with Crippen LogP contribution in [0.4, 0.5) is 8.78 Å². The topological polar surface area (TPSA) is 52.6 Å². The van der Waals surface area contributed by atoms with Crippen LogP contribution in [0.3, 0.4) is 0 Å². The summed E-state index contributed by atoms with van der Waals surface area (Å²) in [6.07, 6.45) is 0.687. The largest absolute Gasteiger partial charge is 0.387 e. The summed E-state index contributed by atoms with van der Waals surface area (Å²) < 4.78 is 27.0. The summed E-state index contributed by atoms with van der Waals surface area (Å²) in [6.45, 7) is 0.0690. The molecule has 0 saturated heterocycles. The number of carbonyl (C=O) groups excluding carboxylic acids is 1. The van der Waals surface area contributed by atoms with Crippen LogP contribution in [0.2, 0.25) is 0 Å². The van der Waals surface area contributed by atoms with Crippen LogP contribution in [0.1, 0.15) is 24.5 Å². The average molecular weight is 284 g/mol. The van der Waals surface area contributed by atoms with Gasteiger partial charge in [-0.25, -0.2) is 8.78 Å². The van der Waals surface area contributed by atoms with Gasteiger partial charge in [0.25, 0.3) is 0 Å². The van der Waals surface area contributed by atoms with Gasteiger partial charge in [-0.15, -0.1) is 0 Å². The second-order valence-corrected chi connectivity index (χ2v) is 5.19. The summed E-state index contributed by atoms with van der Waals surface area (Å²) >= 11 is 0.